The first-order chi connectivity index (χ1) is 9.44. The van der Waals surface area contributed by atoms with Gasteiger partial charge in [-0.05, 0) is 26.2 Å². The van der Waals surface area contributed by atoms with Gasteiger partial charge in [-0.3, -0.25) is 4.79 Å². The Morgan fingerprint density at radius 3 is 2.25 bits per heavy atom. The number of hydrogen-bond donors (Lipinski definition) is 0. The van der Waals surface area contributed by atoms with Crippen molar-refractivity contribution in [1.29, 1.82) is 0 Å². The molecule has 4 nitrogen and oxygen atoms in total. The molecule has 0 saturated heterocycles. The Labute approximate surface area is 121 Å². The summed E-state index contributed by atoms with van der Waals surface area (Å²) in [6, 6.07) is 0. The summed E-state index contributed by atoms with van der Waals surface area (Å²) < 4.78 is 23.3. The van der Waals surface area contributed by atoms with Gasteiger partial charge in [-0.25, -0.2) is 9.18 Å². The van der Waals surface area contributed by atoms with Crippen molar-refractivity contribution in [2.75, 3.05) is 13.2 Å². The molecule has 20 heavy (non-hydrogen) atoms. The standard InChI is InChI=1S/C15H27FO4/c1-4-6-7-8-11-19-13(17)10-9-12-20-14(18)15(3,16)5-2/h4-12H2,1-3H3. The van der Waals surface area contributed by atoms with Gasteiger partial charge in [0.25, 0.3) is 0 Å². The number of alkyl halides is 1. The summed E-state index contributed by atoms with van der Waals surface area (Å²) in [5.74, 6) is -1.16. The molecule has 0 aromatic heterocycles. The second kappa shape index (κ2) is 10.6. The molecule has 0 aromatic carbocycles. The van der Waals surface area contributed by atoms with Crippen molar-refractivity contribution in [3.05, 3.63) is 0 Å². The molecule has 1 atom stereocenters. The van der Waals surface area contributed by atoms with Crippen LogP contribution in [-0.2, 0) is 19.1 Å². The fraction of sp³-hybridized carbons (Fsp3) is 0.867. The highest BCUT2D eigenvalue weighted by atomic mass is 19.1. The smallest absolute Gasteiger partial charge is 0.343 e. The zero-order valence-corrected chi connectivity index (χ0v) is 12.9. The minimum absolute atomic E-state index is 0.0449. The van der Waals surface area contributed by atoms with Gasteiger partial charge in [0.1, 0.15) is 0 Å². The number of rotatable bonds is 11. The van der Waals surface area contributed by atoms with E-state index in [2.05, 4.69) is 6.92 Å². The summed E-state index contributed by atoms with van der Waals surface area (Å²) in [7, 11) is 0. The molecule has 0 aliphatic carbocycles. The van der Waals surface area contributed by atoms with Crippen LogP contribution in [0.5, 0.6) is 0 Å². The first-order valence-electron chi connectivity index (χ1n) is 7.45. The maximum atomic E-state index is 13.5. The summed E-state index contributed by atoms with van der Waals surface area (Å²) in [5.41, 5.74) is -1.94. The zero-order chi connectivity index (χ0) is 15.4. The maximum absolute atomic E-state index is 13.5. The Hall–Kier alpha value is -1.13. The van der Waals surface area contributed by atoms with Crippen LogP contribution in [0.4, 0.5) is 4.39 Å². The van der Waals surface area contributed by atoms with Crippen LogP contribution in [0.1, 0.15) is 65.7 Å². The molecular formula is C15H27FO4. The van der Waals surface area contributed by atoms with Crippen molar-refractivity contribution >= 4 is 11.9 Å². The predicted octanol–water partition coefficient (Wildman–Crippen LogP) is 3.57. The van der Waals surface area contributed by atoms with Crippen molar-refractivity contribution in [3.8, 4) is 0 Å². The van der Waals surface area contributed by atoms with Crippen LogP contribution in [0.2, 0.25) is 0 Å². The third-order valence-electron chi connectivity index (χ3n) is 3.11. The van der Waals surface area contributed by atoms with Crippen LogP contribution >= 0.6 is 0 Å². The van der Waals surface area contributed by atoms with Crippen LogP contribution in [0, 0.1) is 0 Å². The molecule has 5 heteroatoms. The second-order valence-corrected chi connectivity index (χ2v) is 5.07. The molecular weight excluding hydrogens is 263 g/mol. The van der Waals surface area contributed by atoms with Crippen LogP contribution in [0.25, 0.3) is 0 Å². The number of carbonyl (C=O) groups excluding carboxylic acids is 2. The summed E-state index contributed by atoms with van der Waals surface area (Å²) >= 11 is 0. The molecule has 0 rings (SSSR count). The van der Waals surface area contributed by atoms with Crippen LogP contribution in [0.15, 0.2) is 0 Å². The largest absolute Gasteiger partial charge is 0.466 e. The molecule has 0 aromatic rings. The summed E-state index contributed by atoms with van der Waals surface area (Å²) in [6.07, 6.45) is 4.86. The van der Waals surface area contributed by atoms with Gasteiger partial charge in [-0.2, -0.15) is 0 Å². The minimum atomic E-state index is -1.94. The number of hydrogen-bond acceptors (Lipinski definition) is 4. The minimum Gasteiger partial charge on any atom is -0.466 e. The third-order valence-corrected chi connectivity index (χ3v) is 3.11. The van der Waals surface area contributed by atoms with E-state index in [9.17, 15) is 14.0 Å². The lowest BCUT2D eigenvalue weighted by molar-refractivity contribution is -0.158. The number of carbonyl (C=O) groups is 2. The van der Waals surface area contributed by atoms with Gasteiger partial charge in [0.2, 0.25) is 5.67 Å². The van der Waals surface area contributed by atoms with Crippen molar-refractivity contribution < 1.29 is 23.5 Å². The molecule has 0 bridgehead atoms. The summed E-state index contributed by atoms with van der Waals surface area (Å²) in [4.78, 5) is 22.6. The Bertz CT molecular complexity index is 290. The molecule has 0 heterocycles. The molecule has 0 aliphatic rings. The molecule has 0 spiro atoms. The normalized spacial score (nSPS) is 13.6. The van der Waals surface area contributed by atoms with Gasteiger partial charge >= 0.3 is 11.9 Å². The molecule has 0 N–H and O–H groups in total. The molecule has 118 valence electrons. The van der Waals surface area contributed by atoms with Crippen molar-refractivity contribution in [2.24, 2.45) is 0 Å². The molecule has 0 amide bonds. The van der Waals surface area contributed by atoms with Crippen LogP contribution < -0.4 is 0 Å². The average molecular weight is 290 g/mol. The number of halogens is 1. The van der Waals surface area contributed by atoms with Gasteiger partial charge in [-0.15, -0.1) is 0 Å². The fourth-order valence-electron chi connectivity index (χ4n) is 1.46. The first-order valence-corrected chi connectivity index (χ1v) is 7.45. The van der Waals surface area contributed by atoms with Gasteiger partial charge in [0.05, 0.1) is 13.2 Å². The lowest BCUT2D eigenvalue weighted by Gasteiger charge is -2.16. The topological polar surface area (TPSA) is 52.6 Å². The van der Waals surface area contributed by atoms with E-state index in [1.54, 1.807) is 6.92 Å². The molecule has 0 saturated carbocycles. The van der Waals surface area contributed by atoms with Crippen LogP contribution in [0.3, 0.4) is 0 Å². The van der Waals surface area contributed by atoms with Gasteiger partial charge < -0.3 is 9.47 Å². The van der Waals surface area contributed by atoms with Crippen LogP contribution in [-0.4, -0.2) is 30.8 Å². The number of unbranched alkanes of at least 4 members (excludes halogenated alkanes) is 3. The molecule has 1 unspecified atom stereocenters. The second-order valence-electron chi connectivity index (χ2n) is 5.07. The lowest BCUT2D eigenvalue weighted by atomic mass is 10.1. The highest BCUT2D eigenvalue weighted by molar-refractivity contribution is 5.78. The fourth-order valence-corrected chi connectivity index (χ4v) is 1.46. The Kier molecular flexibility index (Phi) is 10.0. The van der Waals surface area contributed by atoms with Gasteiger partial charge in [0.15, 0.2) is 0 Å². The average Bonchev–Trinajstić information content (AvgIpc) is 2.43. The zero-order valence-electron chi connectivity index (χ0n) is 12.9. The van der Waals surface area contributed by atoms with Gasteiger partial charge in [0, 0.05) is 6.42 Å². The van der Waals surface area contributed by atoms with E-state index in [0.717, 1.165) is 25.7 Å². The maximum Gasteiger partial charge on any atom is 0.343 e. The highest BCUT2D eigenvalue weighted by Gasteiger charge is 2.32. The van der Waals surface area contributed by atoms with Crippen molar-refractivity contribution in [3.63, 3.8) is 0 Å². The van der Waals surface area contributed by atoms with E-state index in [0.29, 0.717) is 13.0 Å². The highest BCUT2D eigenvalue weighted by Crippen LogP contribution is 2.16. The summed E-state index contributed by atoms with van der Waals surface area (Å²) in [5, 5.41) is 0. The summed E-state index contributed by atoms with van der Waals surface area (Å²) in [6.45, 7) is 5.38. The third kappa shape index (κ3) is 8.88. The van der Waals surface area contributed by atoms with E-state index < -0.39 is 11.6 Å². The first kappa shape index (κ1) is 18.9. The Balaban J connectivity index is 3.55. The Morgan fingerprint density at radius 2 is 1.65 bits per heavy atom. The van der Waals surface area contributed by atoms with E-state index >= 15 is 0 Å². The van der Waals surface area contributed by atoms with E-state index in [4.69, 9.17) is 9.47 Å². The van der Waals surface area contributed by atoms with E-state index in [1.165, 1.54) is 6.92 Å². The molecule has 0 radical (unpaired) electrons. The molecule has 0 aliphatic heterocycles. The monoisotopic (exact) mass is 290 g/mol. The lowest BCUT2D eigenvalue weighted by Crippen LogP contribution is -2.31. The van der Waals surface area contributed by atoms with E-state index in [-0.39, 0.29) is 25.4 Å². The number of esters is 2. The molecule has 0 fully saturated rings. The Morgan fingerprint density at radius 1 is 1.00 bits per heavy atom. The van der Waals surface area contributed by atoms with Crippen molar-refractivity contribution in [2.45, 2.75) is 71.4 Å². The SMILES string of the molecule is CCCCCCOC(=O)CCCOC(=O)C(C)(F)CC. The predicted molar refractivity (Wildman–Crippen MR) is 75.1 cm³/mol. The van der Waals surface area contributed by atoms with Crippen molar-refractivity contribution in [1.82, 2.24) is 0 Å². The number of ether oxygens (including phenoxy) is 2. The van der Waals surface area contributed by atoms with E-state index in [1.807, 2.05) is 0 Å². The van der Waals surface area contributed by atoms with Gasteiger partial charge in [-0.1, -0.05) is 33.1 Å². The quantitative estimate of drug-likeness (QED) is 0.431.